The van der Waals surface area contributed by atoms with Crippen molar-refractivity contribution in [3.05, 3.63) is 30.1 Å². The molecule has 0 aromatic carbocycles. The highest BCUT2D eigenvalue weighted by atomic mass is 16.5. The van der Waals surface area contributed by atoms with Crippen LogP contribution in [-0.2, 0) is 14.3 Å². The number of likely N-dealkylation sites (tertiary alicyclic amines) is 1. The molecule has 2 saturated heterocycles. The molecule has 0 spiro atoms. The second-order valence-electron chi connectivity index (χ2n) is 7.00. The molecule has 1 N–H and O–H groups in total. The van der Waals surface area contributed by atoms with Gasteiger partial charge in [0.05, 0.1) is 24.6 Å². The van der Waals surface area contributed by atoms with E-state index in [9.17, 15) is 9.59 Å². The third-order valence-corrected chi connectivity index (χ3v) is 5.19. The number of pyridine rings is 1. The highest BCUT2D eigenvalue weighted by molar-refractivity contribution is 5.84. The Labute approximate surface area is 141 Å². The summed E-state index contributed by atoms with van der Waals surface area (Å²) < 4.78 is 5.42. The van der Waals surface area contributed by atoms with Crippen molar-refractivity contribution >= 4 is 11.8 Å². The van der Waals surface area contributed by atoms with Crippen molar-refractivity contribution in [2.24, 2.45) is 5.92 Å². The van der Waals surface area contributed by atoms with Crippen molar-refractivity contribution in [2.75, 3.05) is 13.2 Å². The first kappa shape index (κ1) is 15.6. The highest BCUT2D eigenvalue weighted by Crippen LogP contribution is 2.41. The summed E-state index contributed by atoms with van der Waals surface area (Å²) in [4.78, 5) is 31.3. The average molecular weight is 329 g/mol. The van der Waals surface area contributed by atoms with Crippen LogP contribution in [0.15, 0.2) is 24.5 Å². The summed E-state index contributed by atoms with van der Waals surface area (Å²) in [5.41, 5.74) is 1.00. The molecule has 0 bridgehead atoms. The van der Waals surface area contributed by atoms with Crippen molar-refractivity contribution in [3.8, 4) is 0 Å². The van der Waals surface area contributed by atoms with Crippen molar-refractivity contribution in [1.82, 2.24) is 15.2 Å². The number of amides is 2. The Balaban J connectivity index is 1.54. The fraction of sp³-hybridized carbons (Fsp3) is 0.611. The quantitative estimate of drug-likeness (QED) is 0.907. The largest absolute Gasteiger partial charge is 0.381 e. The maximum absolute atomic E-state index is 12.6. The zero-order valence-corrected chi connectivity index (χ0v) is 13.7. The second-order valence-corrected chi connectivity index (χ2v) is 7.00. The zero-order chi connectivity index (χ0) is 16.5. The number of nitrogens with zero attached hydrogens (tertiary/aromatic N) is 2. The molecule has 0 unspecified atom stereocenters. The van der Waals surface area contributed by atoms with Crippen LogP contribution in [0.5, 0.6) is 0 Å². The van der Waals surface area contributed by atoms with Gasteiger partial charge in [0.2, 0.25) is 11.8 Å². The number of hydrogen-bond acceptors (Lipinski definition) is 4. The topological polar surface area (TPSA) is 71.5 Å². The predicted molar refractivity (Wildman–Crippen MR) is 86.9 cm³/mol. The van der Waals surface area contributed by atoms with Crippen LogP contribution in [0.25, 0.3) is 0 Å². The first-order valence-corrected chi connectivity index (χ1v) is 8.83. The van der Waals surface area contributed by atoms with Crippen molar-refractivity contribution < 1.29 is 14.3 Å². The van der Waals surface area contributed by atoms with Gasteiger partial charge in [0.25, 0.3) is 0 Å². The lowest BCUT2D eigenvalue weighted by Gasteiger charge is -2.30. The Morgan fingerprint density at radius 3 is 2.88 bits per heavy atom. The van der Waals surface area contributed by atoms with E-state index in [4.69, 9.17) is 4.74 Å². The molecule has 2 amide bonds. The van der Waals surface area contributed by atoms with Gasteiger partial charge >= 0.3 is 0 Å². The number of ether oxygens (including phenoxy) is 1. The molecule has 1 aromatic rings. The Morgan fingerprint density at radius 1 is 1.33 bits per heavy atom. The Hall–Kier alpha value is -1.95. The molecule has 128 valence electrons. The minimum absolute atomic E-state index is 0.0130. The molecule has 3 atom stereocenters. The summed E-state index contributed by atoms with van der Waals surface area (Å²) in [7, 11) is 0. The van der Waals surface area contributed by atoms with Gasteiger partial charge in [-0.1, -0.05) is 6.07 Å². The normalized spacial score (nSPS) is 30.4. The number of hydrogen-bond donors (Lipinski definition) is 1. The molecule has 0 radical (unpaired) electrons. The molecular weight excluding hydrogens is 306 g/mol. The lowest BCUT2D eigenvalue weighted by atomic mass is 9.98. The summed E-state index contributed by atoms with van der Waals surface area (Å²) in [6.07, 6.45) is 7.79. The maximum atomic E-state index is 12.6. The third kappa shape index (κ3) is 3.02. The number of carbonyl (C=O) groups is 2. The molecule has 1 aliphatic carbocycles. The van der Waals surface area contributed by atoms with Gasteiger partial charge in [-0.25, -0.2) is 0 Å². The van der Waals surface area contributed by atoms with Crippen LogP contribution >= 0.6 is 0 Å². The molecule has 4 rings (SSSR count). The van der Waals surface area contributed by atoms with E-state index in [2.05, 4.69) is 10.3 Å². The zero-order valence-electron chi connectivity index (χ0n) is 13.7. The Morgan fingerprint density at radius 2 is 2.21 bits per heavy atom. The number of carbonyl (C=O) groups excluding carboxylic acids is 2. The fourth-order valence-corrected chi connectivity index (χ4v) is 3.86. The summed E-state index contributed by atoms with van der Waals surface area (Å²) in [5.74, 6) is 0.0500. The smallest absolute Gasteiger partial charge is 0.225 e. The van der Waals surface area contributed by atoms with Gasteiger partial charge in [-0.15, -0.1) is 0 Å². The lowest BCUT2D eigenvalue weighted by molar-refractivity contribution is -0.130. The first-order chi connectivity index (χ1) is 11.7. The summed E-state index contributed by atoms with van der Waals surface area (Å²) >= 11 is 0. The van der Waals surface area contributed by atoms with Crippen LogP contribution in [0.2, 0.25) is 0 Å². The number of aromatic nitrogens is 1. The van der Waals surface area contributed by atoms with Crippen LogP contribution in [-0.4, -0.2) is 47.0 Å². The lowest BCUT2D eigenvalue weighted by Crippen LogP contribution is -2.44. The Kier molecular flexibility index (Phi) is 4.22. The van der Waals surface area contributed by atoms with Gasteiger partial charge in [-0.2, -0.15) is 0 Å². The number of nitrogens with one attached hydrogen (secondary N) is 1. The molecule has 2 aliphatic heterocycles. The van der Waals surface area contributed by atoms with Crippen molar-refractivity contribution in [1.29, 1.82) is 0 Å². The van der Waals surface area contributed by atoms with Crippen LogP contribution in [0, 0.1) is 5.92 Å². The van der Waals surface area contributed by atoms with E-state index in [1.807, 2.05) is 23.2 Å². The molecule has 6 nitrogen and oxygen atoms in total. The third-order valence-electron chi connectivity index (χ3n) is 5.19. The standard InChI is InChI=1S/C18H23N3O3/c22-16-9-15(20-18(23)13-4-2-8-24-11-13)17(21(16)14-5-6-14)12-3-1-7-19-10-12/h1,3,7,10,13-15,17H,2,4-6,8-9,11H2,(H,20,23)/t13-,15-,17+/m1/s1. The van der Waals surface area contributed by atoms with Crippen LogP contribution in [0.4, 0.5) is 0 Å². The fourth-order valence-electron chi connectivity index (χ4n) is 3.86. The molecule has 1 saturated carbocycles. The minimum atomic E-state index is -0.184. The van der Waals surface area contributed by atoms with Gasteiger partial charge < -0.3 is 15.0 Å². The van der Waals surface area contributed by atoms with E-state index in [1.54, 1.807) is 6.20 Å². The van der Waals surface area contributed by atoms with Crippen LogP contribution in [0.1, 0.15) is 43.7 Å². The van der Waals surface area contributed by atoms with Gasteiger partial charge in [0.1, 0.15) is 0 Å². The summed E-state index contributed by atoms with van der Waals surface area (Å²) in [5, 5.41) is 3.13. The van der Waals surface area contributed by atoms with Gasteiger partial charge in [0, 0.05) is 31.5 Å². The van der Waals surface area contributed by atoms with Gasteiger partial charge in [0.15, 0.2) is 0 Å². The minimum Gasteiger partial charge on any atom is -0.381 e. The molecule has 3 fully saturated rings. The van der Waals surface area contributed by atoms with E-state index < -0.39 is 0 Å². The summed E-state index contributed by atoms with van der Waals surface area (Å²) in [6.45, 7) is 1.22. The first-order valence-electron chi connectivity index (χ1n) is 8.83. The SMILES string of the molecule is O=C(N[C@@H]1CC(=O)N(C2CC2)[C@H]1c1cccnc1)[C@@H]1CCCOC1. The van der Waals surface area contributed by atoms with E-state index in [0.717, 1.165) is 37.9 Å². The van der Waals surface area contributed by atoms with Crippen LogP contribution in [0.3, 0.4) is 0 Å². The highest BCUT2D eigenvalue weighted by Gasteiger charge is 2.48. The van der Waals surface area contributed by atoms with Crippen molar-refractivity contribution in [2.45, 2.75) is 50.2 Å². The van der Waals surface area contributed by atoms with Crippen LogP contribution < -0.4 is 5.32 Å². The van der Waals surface area contributed by atoms with Gasteiger partial charge in [-0.3, -0.25) is 14.6 Å². The monoisotopic (exact) mass is 329 g/mol. The molecule has 3 aliphatic rings. The Bertz CT molecular complexity index is 611. The predicted octanol–water partition coefficient (Wildman–Crippen LogP) is 1.43. The number of rotatable bonds is 4. The molecular formula is C18H23N3O3. The van der Waals surface area contributed by atoms with E-state index >= 15 is 0 Å². The maximum Gasteiger partial charge on any atom is 0.225 e. The second kappa shape index (κ2) is 6.51. The molecule has 24 heavy (non-hydrogen) atoms. The van der Waals surface area contributed by atoms with E-state index in [0.29, 0.717) is 19.1 Å². The average Bonchev–Trinajstić information content (AvgIpc) is 3.40. The molecule has 6 heteroatoms. The molecule has 3 heterocycles. The van der Waals surface area contributed by atoms with E-state index in [-0.39, 0.29) is 29.8 Å². The van der Waals surface area contributed by atoms with Crippen molar-refractivity contribution in [3.63, 3.8) is 0 Å². The van der Waals surface area contributed by atoms with Gasteiger partial charge in [-0.05, 0) is 37.3 Å². The molecule has 1 aromatic heterocycles. The summed E-state index contributed by atoms with van der Waals surface area (Å²) in [6, 6.07) is 3.91. The van der Waals surface area contributed by atoms with E-state index in [1.165, 1.54) is 0 Å².